The van der Waals surface area contributed by atoms with Crippen molar-refractivity contribution >= 4 is 47.2 Å². The third kappa shape index (κ3) is 7.22. The van der Waals surface area contributed by atoms with Crippen LogP contribution in [0.25, 0.3) is 0 Å². The van der Waals surface area contributed by atoms with E-state index in [1.807, 2.05) is 19.9 Å². The van der Waals surface area contributed by atoms with E-state index in [4.69, 9.17) is 4.74 Å². The Morgan fingerprint density at radius 2 is 2.07 bits per heavy atom. The second-order valence-electron chi connectivity index (χ2n) is 6.33. The standard InChI is InChI=1S/C20H27FN4O2S.HI/c1-6-22-20(23-11-15-9-8-12(3)16(21)10-15)25-14(5)18-24-13(4)17(28-18)19(26)27-7-2;/h8-10,14H,6-7,11H2,1-5H3,(H2,22,23,25);1H. The lowest BCUT2D eigenvalue weighted by Gasteiger charge is -2.16. The molecule has 1 aromatic carbocycles. The molecule has 0 fully saturated rings. The van der Waals surface area contributed by atoms with Crippen molar-refractivity contribution in [1.82, 2.24) is 15.6 Å². The molecule has 1 atom stereocenters. The number of aryl methyl sites for hydroxylation is 2. The molecule has 9 heteroatoms. The van der Waals surface area contributed by atoms with Crippen molar-refractivity contribution in [2.45, 2.75) is 47.2 Å². The van der Waals surface area contributed by atoms with Crippen molar-refractivity contribution in [3.63, 3.8) is 0 Å². The second kappa shape index (κ2) is 12.1. The fraction of sp³-hybridized carbons (Fsp3) is 0.450. The van der Waals surface area contributed by atoms with Gasteiger partial charge >= 0.3 is 5.97 Å². The van der Waals surface area contributed by atoms with Crippen LogP contribution in [0.3, 0.4) is 0 Å². The molecule has 0 radical (unpaired) electrons. The molecule has 1 unspecified atom stereocenters. The summed E-state index contributed by atoms with van der Waals surface area (Å²) in [6.45, 7) is 10.6. The first-order valence-corrected chi connectivity index (χ1v) is 10.1. The summed E-state index contributed by atoms with van der Waals surface area (Å²) in [5, 5.41) is 7.23. The first-order chi connectivity index (χ1) is 13.3. The van der Waals surface area contributed by atoms with Gasteiger partial charge in [0.25, 0.3) is 0 Å². The van der Waals surface area contributed by atoms with Crippen LogP contribution >= 0.6 is 35.3 Å². The maximum absolute atomic E-state index is 13.7. The number of nitrogens with zero attached hydrogens (tertiary/aromatic N) is 2. The van der Waals surface area contributed by atoms with Crippen LogP contribution in [0.1, 0.15) is 58.3 Å². The van der Waals surface area contributed by atoms with E-state index in [0.717, 1.165) is 10.6 Å². The molecular weight excluding hydrogens is 506 g/mol. The number of benzene rings is 1. The lowest BCUT2D eigenvalue weighted by Crippen LogP contribution is -2.38. The first kappa shape index (κ1) is 25.3. The number of halogens is 2. The van der Waals surface area contributed by atoms with Gasteiger partial charge in [-0.05, 0) is 51.8 Å². The Labute approximate surface area is 192 Å². The summed E-state index contributed by atoms with van der Waals surface area (Å²) in [6.07, 6.45) is 0. The molecule has 0 amide bonds. The van der Waals surface area contributed by atoms with Crippen LogP contribution in [0.4, 0.5) is 4.39 Å². The van der Waals surface area contributed by atoms with Gasteiger partial charge in [-0.25, -0.2) is 19.2 Å². The average Bonchev–Trinajstić information content (AvgIpc) is 3.05. The number of hydrogen-bond donors (Lipinski definition) is 2. The lowest BCUT2D eigenvalue weighted by atomic mass is 10.1. The van der Waals surface area contributed by atoms with E-state index in [9.17, 15) is 9.18 Å². The molecule has 160 valence electrons. The number of esters is 1. The smallest absolute Gasteiger partial charge is 0.350 e. The van der Waals surface area contributed by atoms with E-state index in [2.05, 4.69) is 20.6 Å². The Hall–Kier alpha value is -1.75. The normalized spacial score (nSPS) is 12.1. The number of rotatable bonds is 7. The zero-order valence-electron chi connectivity index (χ0n) is 17.3. The predicted octanol–water partition coefficient (Wildman–Crippen LogP) is 4.51. The van der Waals surface area contributed by atoms with Gasteiger partial charge in [0, 0.05) is 6.54 Å². The fourth-order valence-corrected chi connectivity index (χ4v) is 3.44. The van der Waals surface area contributed by atoms with Crippen molar-refractivity contribution in [2.24, 2.45) is 4.99 Å². The molecule has 0 saturated carbocycles. The van der Waals surface area contributed by atoms with Gasteiger partial charge in [0.1, 0.15) is 15.7 Å². The molecule has 29 heavy (non-hydrogen) atoms. The van der Waals surface area contributed by atoms with Crippen LogP contribution in [-0.4, -0.2) is 30.1 Å². The quantitative estimate of drug-likeness (QED) is 0.237. The molecule has 1 aromatic heterocycles. The molecule has 0 aliphatic rings. The van der Waals surface area contributed by atoms with Gasteiger partial charge in [-0.2, -0.15) is 0 Å². The van der Waals surface area contributed by atoms with E-state index >= 15 is 0 Å². The Balaban J connectivity index is 0.00000420. The summed E-state index contributed by atoms with van der Waals surface area (Å²) in [5.41, 5.74) is 2.06. The van der Waals surface area contributed by atoms with E-state index < -0.39 is 0 Å². The summed E-state index contributed by atoms with van der Waals surface area (Å²) >= 11 is 1.31. The summed E-state index contributed by atoms with van der Waals surface area (Å²) in [7, 11) is 0. The number of hydrogen-bond acceptors (Lipinski definition) is 5. The van der Waals surface area contributed by atoms with Gasteiger partial charge < -0.3 is 15.4 Å². The Bertz CT molecular complexity index is 857. The number of ether oxygens (including phenoxy) is 1. The highest BCUT2D eigenvalue weighted by molar-refractivity contribution is 14.0. The highest BCUT2D eigenvalue weighted by atomic mass is 127. The van der Waals surface area contributed by atoms with Crippen LogP contribution in [0.5, 0.6) is 0 Å². The number of carbonyl (C=O) groups excluding carboxylic acids is 1. The molecule has 2 N–H and O–H groups in total. The highest BCUT2D eigenvalue weighted by Gasteiger charge is 2.20. The molecule has 6 nitrogen and oxygen atoms in total. The molecule has 2 aromatic rings. The Morgan fingerprint density at radius 1 is 1.34 bits per heavy atom. The van der Waals surface area contributed by atoms with E-state index in [-0.39, 0.29) is 41.8 Å². The minimum Gasteiger partial charge on any atom is -0.462 e. The molecule has 1 heterocycles. The largest absolute Gasteiger partial charge is 0.462 e. The number of guanidine groups is 1. The van der Waals surface area contributed by atoms with Crippen LogP contribution < -0.4 is 10.6 Å². The maximum Gasteiger partial charge on any atom is 0.350 e. The molecular formula is C20H28FIN4O2S. The molecule has 0 bridgehead atoms. The van der Waals surface area contributed by atoms with E-state index in [1.54, 1.807) is 26.8 Å². The Kier molecular flexibility index (Phi) is 10.5. The number of aromatic nitrogens is 1. The monoisotopic (exact) mass is 534 g/mol. The third-order valence-corrected chi connectivity index (χ3v) is 5.32. The average molecular weight is 534 g/mol. The topological polar surface area (TPSA) is 75.6 Å². The number of carbonyl (C=O) groups is 1. The minimum atomic E-state index is -0.349. The molecule has 0 spiro atoms. The first-order valence-electron chi connectivity index (χ1n) is 9.30. The number of aliphatic imine (C=N–C) groups is 1. The van der Waals surface area contributed by atoms with Gasteiger partial charge in [-0.15, -0.1) is 35.3 Å². The zero-order chi connectivity index (χ0) is 20.7. The van der Waals surface area contributed by atoms with E-state index in [1.165, 1.54) is 17.4 Å². The maximum atomic E-state index is 13.7. The minimum absolute atomic E-state index is 0. The van der Waals surface area contributed by atoms with Crippen molar-refractivity contribution in [2.75, 3.05) is 13.2 Å². The van der Waals surface area contributed by atoms with Crippen molar-refractivity contribution in [3.8, 4) is 0 Å². The lowest BCUT2D eigenvalue weighted by molar-refractivity contribution is 0.0531. The van der Waals surface area contributed by atoms with Crippen LogP contribution in [0.15, 0.2) is 23.2 Å². The summed E-state index contributed by atoms with van der Waals surface area (Å²) in [6, 6.07) is 4.96. The Morgan fingerprint density at radius 3 is 2.69 bits per heavy atom. The van der Waals surface area contributed by atoms with Crippen LogP contribution in [0, 0.1) is 19.7 Å². The van der Waals surface area contributed by atoms with Gasteiger partial charge in [0.2, 0.25) is 0 Å². The summed E-state index contributed by atoms with van der Waals surface area (Å²) in [4.78, 5) is 21.5. The fourth-order valence-electron chi connectivity index (χ4n) is 2.48. The molecule has 0 saturated heterocycles. The highest BCUT2D eigenvalue weighted by Crippen LogP contribution is 2.24. The van der Waals surface area contributed by atoms with Crippen molar-refractivity contribution in [3.05, 3.63) is 50.7 Å². The van der Waals surface area contributed by atoms with Crippen LogP contribution in [0.2, 0.25) is 0 Å². The second-order valence-corrected chi connectivity index (χ2v) is 7.36. The van der Waals surface area contributed by atoms with Gasteiger partial charge in [0.05, 0.1) is 24.9 Å². The van der Waals surface area contributed by atoms with Crippen molar-refractivity contribution < 1.29 is 13.9 Å². The van der Waals surface area contributed by atoms with Crippen LogP contribution in [-0.2, 0) is 11.3 Å². The summed E-state index contributed by atoms with van der Waals surface area (Å²) < 4.78 is 18.8. The number of thiazole rings is 1. The zero-order valence-corrected chi connectivity index (χ0v) is 20.5. The SMILES string of the molecule is CCNC(=NCc1ccc(C)c(F)c1)NC(C)c1nc(C)c(C(=O)OCC)s1.I. The molecule has 2 rings (SSSR count). The predicted molar refractivity (Wildman–Crippen MR) is 126 cm³/mol. The van der Waals surface area contributed by atoms with Gasteiger partial charge in [0.15, 0.2) is 5.96 Å². The van der Waals surface area contributed by atoms with Gasteiger partial charge in [-0.1, -0.05) is 12.1 Å². The van der Waals surface area contributed by atoms with E-state index in [0.29, 0.717) is 41.8 Å². The number of nitrogens with one attached hydrogen (secondary N) is 2. The van der Waals surface area contributed by atoms with Gasteiger partial charge in [-0.3, -0.25) is 0 Å². The van der Waals surface area contributed by atoms with Crippen molar-refractivity contribution in [1.29, 1.82) is 0 Å². The molecule has 0 aliphatic carbocycles. The molecule has 0 aliphatic heterocycles. The third-order valence-electron chi connectivity index (χ3n) is 4.00. The summed E-state index contributed by atoms with van der Waals surface area (Å²) in [5.74, 6) is 0.0169.